The molecule has 5 heteroatoms. The van der Waals surface area contributed by atoms with Crippen molar-refractivity contribution in [1.29, 1.82) is 0 Å². The van der Waals surface area contributed by atoms with Gasteiger partial charge in [0.15, 0.2) is 0 Å². The molecule has 1 unspecified atom stereocenters. The van der Waals surface area contributed by atoms with Crippen LogP contribution in [0.15, 0.2) is 0 Å². The third kappa shape index (κ3) is 12.4. The average molecular weight is 302 g/mol. The van der Waals surface area contributed by atoms with E-state index < -0.39 is 11.9 Å². The van der Waals surface area contributed by atoms with Gasteiger partial charge in [0.25, 0.3) is 0 Å². The van der Waals surface area contributed by atoms with Crippen molar-refractivity contribution in [2.24, 2.45) is 0 Å². The Balaban J connectivity index is 3.78. The van der Waals surface area contributed by atoms with Crippen LogP contribution in [-0.4, -0.2) is 37.9 Å². The van der Waals surface area contributed by atoms with Crippen LogP contribution in [0.3, 0.4) is 0 Å². The Morgan fingerprint density at radius 1 is 0.857 bits per heavy atom. The number of hydrogen-bond donors (Lipinski definition) is 0. The lowest BCUT2D eigenvalue weighted by Crippen LogP contribution is -2.23. The van der Waals surface area contributed by atoms with E-state index in [0.29, 0.717) is 6.61 Å². The van der Waals surface area contributed by atoms with E-state index in [1.807, 2.05) is 6.92 Å². The Bertz CT molecular complexity index is 278. The van der Waals surface area contributed by atoms with E-state index in [1.165, 1.54) is 0 Å². The van der Waals surface area contributed by atoms with E-state index in [9.17, 15) is 9.59 Å². The zero-order valence-electron chi connectivity index (χ0n) is 13.7. The Morgan fingerprint density at radius 3 is 2.14 bits per heavy atom. The minimum atomic E-state index is -0.438. The van der Waals surface area contributed by atoms with Gasteiger partial charge >= 0.3 is 11.9 Å². The van der Waals surface area contributed by atoms with Crippen molar-refractivity contribution in [3.63, 3.8) is 0 Å². The van der Waals surface area contributed by atoms with Crippen molar-refractivity contribution >= 4 is 11.9 Å². The highest BCUT2D eigenvalue weighted by Crippen LogP contribution is 2.11. The van der Waals surface area contributed by atoms with E-state index >= 15 is 0 Å². The van der Waals surface area contributed by atoms with Gasteiger partial charge in [-0.3, -0.25) is 0 Å². The van der Waals surface area contributed by atoms with E-state index in [1.54, 1.807) is 0 Å². The predicted octanol–water partition coefficient (Wildman–Crippen LogP) is 3.25. The van der Waals surface area contributed by atoms with Gasteiger partial charge in [0, 0.05) is 0 Å². The molecule has 124 valence electrons. The Hall–Kier alpha value is -1.10. The summed E-state index contributed by atoms with van der Waals surface area (Å²) < 4.78 is 15.3. The molecule has 0 bridgehead atoms. The van der Waals surface area contributed by atoms with Crippen LogP contribution in [0.25, 0.3) is 0 Å². The molecule has 21 heavy (non-hydrogen) atoms. The second-order valence-corrected chi connectivity index (χ2v) is 5.11. The van der Waals surface area contributed by atoms with E-state index in [0.717, 1.165) is 44.9 Å². The van der Waals surface area contributed by atoms with Crippen molar-refractivity contribution < 1.29 is 23.8 Å². The van der Waals surface area contributed by atoms with Crippen LogP contribution in [0, 0.1) is 0 Å². The first-order valence-corrected chi connectivity index (χ1v) is 8.06. The van der Waals surface area contributed by atoms with Crippen molar-refractivity contribution in [2.75, 3.05) is 19.8 Å². The Kier molecular flexibility index (Phi) is 13.1. The molecule has 0 aliphatic heterocycles. The zero-order chi connectivity index (χ0) is 15.9. The fraction of sp³-hybridized carbons (Fsp3) is 0.875. The van der Waals surface area contributed by atoms with Crippen LogP contribution >= 0.6 is 0 Å². The first-order valence-electron chi connectivity index (χ1n) is 8.06. The maximum atomic E-state index is 11.6. The highest BCUT2D eigenvalue weighted by Gasteiger charge is 2.14. The summed E-state index contributed by atoms with van der Waals surface area (Å²) in [5.74, 6) is -0.849. The number of carbonyl (C=O) groups excluding carboxylic acids is 2. The van der Waals surface area contributed by atoms with Gasteiger partial charge in [0.2, 0.25) is 0 Å². The summed E-state index contributed by atoms with van der Waals surface area (Å²) in [6.45, 7) is 6.19. The molecule has 0 aromatic rings. The third-order valence-electron chi connectivity index (χ3n) is 2.99. The Morgan fingerprint density at radius 2 is 1.52 bits per heavy atom. The molecular weight excluding hydrogens is 272 g/mol. The number of carbonyl (C=O) groups is 2. The lowest BCUT2D eigenvalue weighted by molar-refractivity contribution is -0.159. The second kappa shape index (κ2) is 13.9. The maximum absolute atomic E-state index is 11.6. The highest BCUT2D eigenvalue weighted by atomic mass is 16.6. The van der Waals surface area contributed by atoms with E-state index in [4.69, 9.17) is 14.2 Å². The number of esters is 2. The lowest BCUT2D eigenvalue weighted by atomic mass is 10.1. The minimum absolute atomic E-state index is 0.0393. The first kappa shape index (κ1) is 19.9. The molecule has 0 saturated carbocycles. The number of rotatable bonds is 13. The zero-order valence-corrected chi connectivity index (χ0v) is 13.7. The van der Waals surface area contributed by atoms with Crippen LogP contribution in [0.4, 0.5) is 0 Å². The summed E-state index contributed by atoms with van der Waals surface area (Å²) in [6, 6.07) is 0. The molecular formula is C16H30O5. The van der Waals surface area contributed by atoms with Gasteiger partial charge in [-0.1, -0.05) is 46.5 Å². The lowest BCUT2D eigenvalue weighted by Gasteiger charge is -2.16. The normalized spacial score (nSPS) is 12.0. The highest BCUT2D eigenvalue weighted by molar-refractivity contribution is 5.73. The van der Waals surface area contributed by atoms with Gasteiger partial charge < -0.3 is 14.2 Å². The van der Waals surface area contributed by atoms with E-state index in [2.05, 4.69) is 13.8 Å². The van der Waals surface area contributed by atoms with Crippen LogP contribution in [0.2, 0.25) is 0 Å². The molecule has 0 amide bonds. The van der Waals surface area contributed by atoms with E-state index in [-0.39, 0.29) is 19.3 Å². The van der Waals surface area contributed by atoms with Crippen molar-refractivity contribution in [1.82, 2.24) is 0 Å². The van der Waals surface area contributed by atoms with Crippen molar-refractivity contribution in [3.8, 4) is 0 Å². The van der Waals surface area contributed by atoms with Crippen LogP contribution in [0.1, 0.15) is 65.7 Å². The van der Waals surface area contributed by atoms with Gasteiger partial charge in [0.05, 0.1) is 6.61 Å². The molecule has 0 aliphatic carbocycles. The summed E-state index contributed by atoms with van der Waals surface area (Å²) in [4.78, 5) is 22.9. The fourth-order valence-electron chi connectivity index (χ4n) is 1.83. The standard InChI is InChI=1S/C16H30O5/c1-4-7-10-14(9-6-3)21-16(18)13-19-12-15(17)20-11-8-5-2/h14H,4-13H2,1-3H3. The molecule has 0 heterocycles. The molecule has 0 radical (unpaired) electrons. The molecule has 0 aromatic heterocycles. The number of ether oxygens (including phenoxy) is 3. The monoisotopic (exact) mass is 302 g/mol. The molecule has 5 nitrogen and oxygen atoms in total. The molecule has 0 aromatic carbocycles. The van der Waals surface area contributed by atoms with Crippen LogP contribution in [0.5, 0.6) is 0 Å². The smallest absolute Gasteiger partial charge is 0.332 e. The average Bonchev–Trinajstić information content (AvgIpc) is 2.45. The van der Waals surface area contributed by atoms with Crippen molar-refractivity contribution in [2.45, 2.75) is 71.8 Å². The topological polar surface area (TPSA) is 61.8 Å². The van der Waals surface area contributed by atoms with Gasteiger partial charge in [-0.15, -0.1) is 0 Å². The minimum Gasteiger partial charge on any atom is -0.464 e. The summed E-state index contributed by atoms with van der Waals surface area (Å²) in [5, 5.41) is 0. The van der Waals surface area contributed by atoms with Gasteiger partial charge in [-0.05, 0) is 19.3 Å². The summed E-state index contributed by atoms with van der Waals surface area (Å²) in [5.41, 5.74) is 0. The molecule has 0 fully saturated rings. The molecule has 1 atom stereocenters. The summed E-state index contributed by atoms with van der Waals surface area (Å²) in [7, 11) is 0. The summed E-state index contributed by atoms with van der Waals surface area (Å²) >= 11 is 0. The molecule has 0 aliphatic rings. The molecule has 0 N–H and O–H groups in total. The van der Waals surface area contributed by atoms with Crippen LogP contribution in [-0.2, 0) is 23.8 Å². The number of hydrogen-bond acceptors (Lipinski definition) is 5. The van der Waals surface area contributed by atoms with Gasteiger partial charge in [-0.25, -0.2) is 9.59 Å². The quantitative estimate of drug-likeness (QED) is 0.386. The summed E-state index contributed by atoms with van der Waals surface area (Å²) in [6.07, 6.45) is 6.62. The van der Waals surface area contributed by atoms with Gasteiger partial charge in [-0.2, -0.15) is 0 Å². The second-order valence-electron chi connectivity index (χ2n) is 5.11. The van der Waals surface area contributed by atoms with Gasteiger partial charge in [0.1, 0.15) is 19.3 Å². The predicted molar refractivity (Wildman–Crippen MR) is 81.0 cm³/mol. The third-order valence-corrected chi connectivity index (χ3v) is 2.99. The fourth-order valence-corrected chi connectivity index (χ4v) is 1.83. The molecule has 0 spiro atoms. The number of unbranched alkanes of at least 4 members (excludes halogenated alkanes) is 2. The Labute approximate surface area is 128 Å². The first-order chi connectivity index (χ1) is 10.1. The SMILES string of the molecule is CCCCOC(=O)COCC(=O)OC(CCC)CCCC. The maximum Gasteiger partial charge on any atom is 0.332 e. The molecule has 0 rings (SSSR count). The largest absolute Gasteiger partial charge is 0.464 e. The molecule has 0 saturated heterocycles. The van der Waals surface area contributed by atoms with Crippen LogP contribution < -0.4 is 0 Å². The van der Waals surface area contributed by atoms with Crippen molar-refractivity contribution in [3.05, 3.63) is 0 Å².